The summed E-state index contributed by atoms with van der Waals surface area (Å²) in [6, 6.07) is 0. The molecule has 0 aliphatic heterocycles. The molecule has 0 aromatic carbocycles. The molecule has 2 aromatic heterocycles. The van der Waals surface area contributed by atoms with Crippen LogP contribution in [-0.2, 0) is 22.8 Å². The number of nitrogens with zero attached hydrogens (tertiary/aromatic N) is 4. The molecule has 0 aliphatic carbocycles. The SMILES string of the molecule is Cc1c(Br)cnn1CC(=O)Nc1cnn(COCC(F)(F)F)c1. The number of hydrogen-bond acceptors (Lipinski definition) is 4. The first-order valence-corrected chi connectivity index (χ1v) is 7.18. The molecule has 0 bridgehead atoms. The summed E-state index contributed by atoms with van der Waals surface area (Å²) in [5.74, 6) is -0.334. The van der Waals surface area contributed by atoms with Gasteiger partial charge in [-0.1, -0.05) is 0 Å². The summed E-state index contributed by atoms with van der Waals surface area (Å²) in [5, 5.41) is 10.4. The Hall–Kier alpha value is -1.88. The summed E-state index contributed by atoms with van der Waals surface area (Å²) in [6.07, 6.45) is -0.112. The Balaban J connectivity index is 1.84. The molecule has 1 N–H and O–H groups in total. The van der Waals surface area contributed by atoms with E-state index in [1.54, 1.807) is 13.1 Å². The van der Waals surface area contributed by atoms with Crippen LogP contribution in [0.5, 0.6) is 0 Å². The number of amides is 1. The summed E-state index contributed by atoms with van der Waals surface area (Å²) in [5.41, 5.74) is 1.16. The van der Waals surface area contributed by atoms with E-state index in [2.05, 4.69) is 36.2 Å². The highest BCUT2D eigenvalue weighted by atomic mass is 79.9. The van der Waals surface area contributed by atoms with Crippen molar-refractivity contribution in [3.05, 3.63) is 28.8 Å². The van der Waals surface area contributed by atoms with Crippen LogP contribution in [-0.4, -0.2) is 38.3 Å². The number of alkyl halides is 3. The fraction of sp³-hybridized carbons (Fsp3) is 0.417. The smallest absolute Gasteiger partial charge is 0.350 e. The van der Waals surface area contributed by atoms with Gasteiger partial charge in [-0.15, -0.1) is 0 Å². The number of anilines is 1. The molecule has 0 unspecified atom stereocenters. The lowest BCUT2D eigenvalue weighted by Crippen LogP contribution is -2.20. The van der Waals surface area contributed by atoms with Crippen molar-refractivity contribution < 1.29 is 22.7 Å². The predicted octanol–water partition coefficient (Wildman–Crippen LogP) is 2.33. The second-order valence-electron chi connectivity index (χ2n) is 4.64. The number of aromatic nitrogens is 4. The Labute approximate surface area is 137 Å². The third kappa shape index (κ3) is 5.36. The summed E-state index contributed by atoms with van der Waals surface area (Å²) in [7, 11) is 0. The van der Waals surface area contributed by atoms with E-state index >= 15 is 0 Å². The molecule has 126 valence electrons. The first-order chi connectivity index (χ1) is 10.7. The first kappa shape index (κ1) is 17.5. The van der Waals surface area contributed by atoms with Gasteiger partial charge in [0.05, 0.1) is 34.4 Å². The maximum atomic E-state index is 12.0. The van der Waals surface area contributed by atoms with Crippen molar-refractivity contribution in [2.24, 2.45) is 0 Å². The predicted molar refractivity (Wildman–Crippen MR) is 77.5 cm³/mol. The van der Waals surface area contributed by atoms with Crippen molar-refractivity contribution in [3.63, 3.8) is 0 Å². The van der Waals surface area contributed by atoms with Gasteiger partial charge in [-0.3, -0.25) is 9.48 Å². The number of ether oxygens (including phenoxy) is 1. The maximum Gasteiger partial charge on any atom is 0.411 e. The van der Waals surface area contributed by atoms with Gasteiger partial charge < -0.3 is 10.1 Å². The number of hydrogen-bond donors (Lipinski definition) is 1. The molecule has 23 heavy (non-hydrogen) atoms. The van der Waals surface area contributed by atoms with Crippen LogP contribution >= 0.6 is 15.9 Å². The zero-order valence-corrected chi connectivity index (χ0v) is 13.6. The van der Waals surface area contributed by atoms with Gasteiger partial charge in [-0.05, 0) is 22.9 Å². The van der Waals surface area contributed by atoms with Gasteiger partial charge in [0, 0.05) is 0 Å². The van der Waals surface area contributed by atoms with Crippen LogP contribution in [0.4, 0.5) is 18.9 Å². The summed E-state index contributed by atoms with van der Waals surface area (Å²) < 4.78 is 43.8. The van der Waals surface area contributed by atoms with Crippen LogP contribution < -0.4 is 5.32 Å². The average Bonchev–Trinajstić information content (AvgIpc) is 2.99. The van der Waals surface area contributed by atoms with Gasteiger partial charge in [0.1, 0.15) is 19.9 Å². The van der Waals surface area contributed by atoms with Crippen molar-refractivity contribution in [1.29, 1.82) is 0 Å². The van der Waals surface area contributed by atoms with E-state index in [0.717, 1.165) is 14.8 Å². The molecule has 0 radical (unpaired) electrons. The molecule has 2 heterocycles. The van der Waals surface area contributed by atoms with E-state index in [4.69, 9.17) is 0 Å². The quantitative estimate of drug-likeness (QED) is 0.814. The topological polar surface area (TPSA) is 74.0 Å². The Morgan fingerprint density at radius 2 is 2.13 bits per heavy atom. The normalized spacial score (nSPS) is 11.7. The molecule has 0 aliphatic rings. The standard InChI is InChI=1S/C12H13BrF3N5O2/c1-8-10(13)3-18-21(8)5-11(22)19-9-2-17-20(4-9)7-23-6-12(14,15)16/h2-4H,5-7H2,1H3,(H,19,22). The van der Waals surface area contributed by atoms with Crippen molar-refractivity contribution in [2.45, 2.75) is 26.4 Å². The van der Waals surface area contributed by atoms with E-state index in [-0.39, 0.29) is 19.2 Å². The second-order valence-corrected chi connectivity index (χ2v) is 5.50. The highest BCUT2D eigenvalue weighted by Crippen LogP contribution is 2.15. The maximum absolute atomic E-state index is 12.0. The molecule has 0 fully saturated rings. The van der Waals surface area contributed by atoms with E-state index in [0.29, 0.717) is 5.69 Å². The molecule has 0 saturated heterocycles. The van der Waals surface area contributed by atoms with Crippen LogP contribution in [0.3, 0.4) is 0 Å². The lowest BCUT2D eigenvalue weighted by atomic mass is 10.4. The fourth-order valence-electron chi connectivity index (χ4n) is 1.67. The number of carbonyl (C=O) groups excluding carboxylic acids is 1. The van der Waals surface area contributed by atoms with Gasteiger partial charge in [-0.2, -0.15) is 23.4 Å². The van der Waals surface area contributed by atoms with Gasteiger partial charge in [-0.25, -0.2) is 4.68 Å². The molecule has 7 nitrogen and oxygen atoms in total. The Kier molecular flexibility index (Phi) is 5.42. The fourth-order valence-corrected chi connectivity index (χ4v) is 1.97. The van der Waals surface area contributed by atoms with Gasteiger partial charge in [0.15, 0.2) is 0 Å². The van der Waals surface area contributed by atoms with E-state index < -0.39 is 12.8 Å². The average molecular weight is 396 g/mol. The summed E-state index contributed by atoms with van der Waals surface area (Å²) in [4.78, 5) is 11.9. The molecule has 2 rings (SSSR count). The van der Waals surface area contributed by atoms with Crippen molar-refractivity contribution in [2.75, 3.05) is 11.9 Å². The zero-order valence-electron chi connectivity index (χ0n) is 12.0. The van der Waals surface area contributed by atoms with Gasteiger partial charge in [0.25, 0.3) is 0 Å². The number of rotatable bonds is 6. The van der Waals surface area contributed by atoms with Crippen molar-refractivity contribution in [3.8, 4) is 0 Å². The van der Waals surface area contributed by atoms with Crippen molar-refractivity contribution in [1.82, 2.24) is 19.6 Å². The molecule has 0 spiro atoms. The summed E-state index contributed by atoms with van der Waals surface area (Å²) in [6.45, 7) is 0.0934. The van der Waals surface area contributed by atoms with Gasteiger partial charge >= 0.3 is 6.18 Å². The molecule has 1 amide bonds. The van der Waals surface area contributed by atoms with Crippen LogP contribution in [0.15, 0.2) is 23.1 Å². The van der Waals surface area contributed by atoms with E-state index in [1.807, 2.05) is 0 Å². The Bertz CT molecular complexity index is 683. The second kappa shape index (κ2) is 7.13. The highest BCUT2D eigenvalue weighted by Gasteiger charge is 2.27. The van der Waals surface area contributed by atoms with Crippen LogP contribution in [0, 0.1) is 6.92 Å². The van der Waals surface area contributed by atoms with Crippen LogP contribution in [0.1, 0.15) is 5.69 Å². The molecule has 0 atom stereocenters. The minimum absolute atomic E-state index is 0.00713. The minimum Gasteiger partial charge on any atom is -0.350 e. The molecular formula is C12H13BrF3N5O2. The molecular weight excluding hydrogens is 383 g/mol. The first-order valence-electron chi connectivity index (χ1n) is 6.39. The summed E-state index contributed by atoms with van der Waals surface area (Å²) >= 11 is 3.29. The zero-order chi connectivity index (χ0) is 17.0. The van der Waals surface area contributed by atoms with Gasteiger partial charge in [0.2, 0.25) is 5.91 Å². The number of carbonyl (C=O) groups is 1. The Morgan fingerprint density at radius 3 is 2.74 bits per heavy atom. The third-order valence-electron chi connectivity index (χ3n) is 2.74. The monoisotopic (exact) mass is 395 g/mol. The Morgan fingerprint density at radius 1 is 1.39 bits per heavy atom. The van der Waals surface area contributed by atoms with E-state index in [9.17, 15) is 18.0 Å². The van der Waals surface area contributed by atoms with Crippen LogP contribution in [0.2, 0.25) is 0 Å². The van der Waals surface area contributed by atoms with Crippen molar-refractivity contribution >= 4 is 27.5 Å². The molecule has 0 saturated carbocycles. The van der Waals surface area contributed by atoms with E-state index in [1.165, 1.54) is 17.1 Å². The minimum atomic E-state index is -4.39. The lowest BCUT2D eigenvalue weighted by Gasteiger charge is -2.07. The largest absolute Gasteiger partial charge is 0.411 e. The lowest BCUT2D eigenvalue weighted by molar-refractivity contribution is -0.182. The number of halogens is 4. The van der Waals surface area contributed by atoms with Crippen LogP contribution in [0.25, 0.3) is 0 Å². The molecule has 11 heteroatoms. The highest BCUT2D eigenvalue weighted by molar-refractivity contribution is 9.10. The molecule has 2 aromatic rings. The number of nitrogens with one attached hydrogen (secondary N) is 1. The third-order valence-corrected chi connectivity index (χ3v) is 3.52.